The first-order chi connectivity index (χ1) is 13.4. The highest BCUT2D eigenvalue weighted by Crippen LogP contribution is 2.55. The van der Waals surface area contributed by atoms with Crippen LogP contribution in [0.15, 0.2) is 22.8 Å². The van der Waals surface area contributed by atoms with Crippen LogP contribution in [0.4, 0.5) is 5.69 Å². The molecule has 28 heavy (non-hydrogen) atoms. The van der Waals surface area contributed by atoms with Crippen molar-refractivity contribution >= 4 is 27.5 Å². The van der Waals surface area contributed by atoms with Crippen LogP contribution in [-0.2, 0) is 28.1 Å². The highest BCUT2D eigenvalue weighted by molar-refractivity contribution is 9.10. The maximum Gasteiger partial charge on any atom is 0.264 e. The molecule has 1 spiro atoms. The molecule has 1 aromatic carbocycles. The number of halogens is 1. The fourth-order valence-electron chi connectivity index (χ4n) is 4.53. The van der Waals surface area contributed by atoms with Crippen LogP contribution in [-0.4, -0.2) is 45.8 Å². The third kappa shape index (κ3) is 2.98. The molecule has 0 aliphatic carbocycles. The van der Waals surface area contributed by atoms with Gasteiger partial charge in [-0.15, -0.1) is 5.10 Å². The van der Waals surface area contributed by atoms with Crippen molar-refractivity contribution in [1.29, 1.82) is 0 Å². The second kappa shape index (κ2) is 7.24. The molecular formula is C20H25BrN4O3. The largest absolute Gasteiger partial charge is 0.396 e. The summed E-state index contributed by atoms with van der Waals surface area (Å²) in [4.78, 5) is 15.0. The molecule has 8 heteroatoms. The Kier molecular flexibility index (Phi) is 5.05. The van der Waals surface area contributed by atoms with Gasteiger partial charge in [-0.2, -0.15) is 0 Å². The predicted octanol–water partition coefficient (Wildman–Crippen LogP) is 2.57. The second-order valence-corrected chi connectivity index (χ2v) is 8.71. The maximum atomic E-state index is 13.3. The SMILES string of the molecule is Cc1cc(Br)c2c(c1)[C@]1(O[C@@H](CCn3cc(CCO)nn3)C[C@H]1C)C(=O)N2C. The van der Waals surface area contributed by atoms with Crippen LogP contribution in [0.2, 0.25) is 0 Å². The molecule has 150 valence electrons. The number of nitrogens with zero attached hydrogens (tertiary/aromatic N) is 4. The molecule has 1 fully saturated rings. The maximum absolute atomic E-state index is 13.3. The van der Waals surface area contributed by atoms with Gasteiger partial charge in [0.1, 0.15) is 0 Å². The summed E-state index contributed by atoms with van der Waals surface area (Å²) in [5, 5.41) is 17.2. The number of carbonyl (C=O) groups is 1. The van der Waals surface area contributed by atoms with Gasteiger partial charge in [0.25, 0.3) is 5.91 Å². The number of amides is 1. The number of rotatable bonds is 5. The third-order valence-electron chi connectivity index (χ3n) is 5.86. The van der Waals surface area contributed by atoms with Gasteiger partial charge in [0.15, 0.2) is 5.60 Å². The molecule has 3 heterocycles. The van der Waals surface area contributed by atoms with Crippen LogP contribution in [0.5, 0.6) is 0 Å². The summed E-state index contributed by atoms with van der Waals surface area (Å²) in [5.41, 5.74) is 2.85. The Morgan fingerprint density at radius 1 is 1.43 bits per heavy atom. The van der Waals surface area contributed by atoms with E-state index in [1.807, 2.05) is 26.2 Å². The van der Waals surface area contributed by atoms with Crippen LogP contribution in [0.25, 0.3) is 0 Å². The van der Waals surface area contributed by atoms with Gasteiger partial charge in [-0.3, -0.25) is 9.48 Å². The van der Waals surface area contributed by atoms with E-state index in [4.69, 9.17) is 9.84 Å². The zero-order valence-corrected chi connectivity index (χ0v) is 17.9. The van der Waals surface area contributed by atoms with Crippen molar-refractivity contribution in [3.8, 4) is 0 Å². The topological polar surface area (TPSA) is 80.5 Å². The molecule has 4 rings (SSSR count). The highest BCUT2D eigenvalue weighted by Gasteiger charge is 2.59. The Morgan fingerprint density at radius 2 is 2.21 bits per heavy atom. The molecule has 0 bridgehead atoms. The summed E-state index contributed by atoms with van der Waals surface area (Å²) in [6.07, 6.45) is 3.92. The minimum absolute atomic E-state index is 0.00906. The highest BCUT2D eigenvalue weighted by atomic mass is 79.9. The fourth-order valence-corrected chi connectivity index (χ4v) is 5.37. The lowest BCUT2D eigenvalue weighted by Crippen LogP contribution is -2.42. The summed E-state index contributed by atoms with van der Waals surface area (Å²) >= 11 is 3.62. The summed E-state index contributed by atoms with van der Waals surface area (Å²) in [6, 6.07) is 4.12. The van der Waals surface area contributed by atoms with Crippen molar-refractivity contribution in [3.63, 3.8) is 0 Å². The van der Waals surface area contributed by atoms with E-state index in [1.54, 1.807) is 9.58 Å². The monoisotopic (exact) mass is 448 g/mol. The van der Waals surface area contributed by atoms with Crippen molar-refractivity contribution in [2.45, 2.75) is 51.4 Å². The summed E-state index contributed by atoms with van der Waals surface area (Å²) in [5.74, 6) is 0.0953. The number of ether oxygens (including phenoxy) is 1. The molecular weight excluding hydrogens is 424 g/mol. The molecule has 7 nitrogen and oxygen atoms in total. The number of hydrogen-bond acceptors (Lipinski definition) is 5. The average molecular weight is 449 g/mol. The Morgan fingerprint density at radius 3 is 2.96 bits per heavy atom. The van der Waals surface area contributed by atoms with Gasteiger partial charge in [-0.05, 0) is 47.3 Å². The number of anilines is 1. The fraction of sp³-hybridized carbons (Fsp3) is 0.550. The lowest BCUT2D eigenvalue weighted by Gasteiger charge is -2.27. The Hall–Kier alpha value is -1.77. The molecule has 1 saturated heterocycles. The van der Waals surface area contributed by atoms with E-state index in [2.05, 4.69) is 39.2 Å². The van der Waals surface area contributed by atoms with Crippen LogP contribution < -0.4 is 4.90 Å². The van der Waals surface area contributed by atoms with Crippen molar-refractivity contribution in [3.05, 3.63) is 39.6 Å². The Labute approximate surface area is 172 Å². The smallest absolute Gasteiger partial charge is 0.264 e. The van der Waals surface area contributed by atoms with Crippen LogP contribution in [0.3, 0.4) is 0 Å². The average Bonchev–Trinajstić information content (AvgIpc) is 3.28. The molecule has 0 unspecified atom stereocenters. The minimum atomic E-state index is -0.909. The van der Waals surface area contributed by atoms with Gasteiger partial charge in [0.2, 0.25) is 0 Å². The number of aromatic nitrogens is 3. The van der Waals surface area contributed by atoms with E-state index in [-0.39, 0.29) is 24.5 Å². The van der Waals surface area contributed by atoms with E-state index >= 15 is 0 Å². The number of fused-ring (bicyclic) bond motifs is 2. The van der Waals surface area contributed by atoms with E-state index in [9.17, 15) is 4.79 Å². The molecule has 0 radical (unpaired) electrons. The summed E-state index contributed by atoms with van der Waals surface area (Å²) < 4.78 is 9.21. The first kappa shape index (κ1) is 19.5. The molecule has 3 atom stereocenters. The number of aliphatic hydroxyl groups excluding tert-OH is 1. The summed E-state index contributed by atoms with van der Waals surface area (Å²) in [6.45, 7) is 4.87. The Balaban J connectivity index is 1.56. The normalized spacial score (nSPS) is 26.5. The molecule has 2 aliphatic heterocycles. The van der Waals surface area contributed by atoms with E-state index in [0.717, 1.165) is 39.8 Å². The number of hydrogen-bond donors (Lipinski definition) is 1. The molecule has 1 aromatic heterocycles. The number of aliphatic hydroxyl groups is 1. The van der Waals surface area contributed by atoms with E-state index < -0.39 is 5.60 Å². The van der Waals surface area contributed by atoms with Gasteiger partial charge in [-0.25, -0.2) is 0 Å². The molecule has 2 aliphatic rings. The number of benzene rings is 1. The van der Waals surface area contributed by atoms with Gasteiger partial charge in [0.05, 0.1) is 17.5 Å². The van der Waals surface area contributed by atoms with Crippen LogP contribution >= 0.6 is 15.9 Å². The van der Waals surface area contributed by atoms with Crippen LogP contribution in [0, 0.1) is 12.8 Å². The van der Waals surface area contributed by atoms with Crippen molar-refractivity contribution < 1.29 is 14.6 Å². The van der Waals surface area contributed by atoms with Crippen molar-refractivity contribution in [2.24, 2.45) is 5.92 Å². The molecule has 0 saturated carbocycles. The zero-order chi connectivity index (χ0) is 20.1. The minimum Gasteiger partial charge on any atom is -0.396 e. The lowest BCUT2D eigenvalue weighted by molar-refractivity contribution is -0.145. The quantitative estimate of drug-likeness (QED) is 0.759. The molecule has 1 N–H and O–H groups in total. The first-order valence-electron chi connectivity index (χ1n) is 9.63. The number of likely N-dealkylation sites (N-methyl/N-ethyl adjacent to an activating group) is 1. The van der Waals surface area contributed by atoms with Crippen LogP contribution in [0.1, 0.15) is 36.6 Å². The second-order valence-electron chi connectivity index (χ2n) is 7.85. The predicted molar refractivity (Wildman–Crippen MR) is 108 cm³/mol. The lowest BCUT2D eigenvalue weighted by atomic mass is 9.82. The standard InChI is InChI=1S/C20H25BrN4O3/c1-12-8-16-18(17(21)9-12)24(3)19(27)20(16)13(2)10-15(28-20)4-6-25-11-14(5-7-26)22-23-25/h8-9,11,13,15,26H,4-7,10H2,1-3H3/t13-,15+,20+/m1/s1. The van der Waals surface area contributed by atoms with Gasteiger partial charge in [0, 0.05) is 48.8 Å². The van der Waals surface area contributed by atoms with E-state index in [0.29, 0.717) is 13.0 Å². The van der Waals surface area contributed by atoms with Gasteiger partial charge < -0.3 is 14.7 Å². The van der Waals surface area contributed by atoms with Crippen molar-refractivity contribution in [2.75, 3.05) is 18.6 Å². The molecule has 2 aromatic rings. The number of carbonyl (C=O) groups excluding carboxylic acids is 1. The summed E-state index contributed by atoms with van der Waals surface area (Å²) in [7, 11) is 1.82. The third-order valence-corrected chi connectivity index (χ3v) is 6.47. The van der Waals surface area contributed by atoms with Gasteiger partial charge >= 0.3 is 0 Å². The molecule has 1 amide bonds. The first-order valence-corrected chi connectivity index (χ1v) is 10.4. The van der Waals surface area contributed by atoms with Crippen molar-refractivity contribution in [1.82, 2.24) is 15.0 Å². The van der Waals surface area contributed by atoms with E-state index in [1.165, 1.54) is 0 Å². The zero-order valence-electron chi connectivity index (χ0n) is 16.4. The van der Waals surface area contributed by atoms with Gasteiger partial charge in [-0.1, -0.05) is 18.2 Å². The number of aryl methyl sites for hydroxylation is 2. The Bertz CT molecular complexity index is 915.